The summed E-state index contributed by atoms with van der Waals surface area (Å²) in [6, 6.07) is 7.58. The Bertz CT molecular complexity index is 486. The van der Waals surface area contributed by atoms with Crippen molar-refractivity contribution >= 4 is 17.3 Å². The molecule has 116 valence electrons. The van der Waals surface area contributed by atoms with Crippen LogP contribution in [0.4, 0.5) is 5.69 Å². The van der Waals surface area contributed by atoms with Gasteiger partial charge in [0.2, 0.25) is 0 Å². The van der Waals surface area contributed by atoms with Gasteiger partial charge in [-0.05, 0) is 43.2 Å². The molecule has 0 amide bonds. The number of hydrogen-bond acceptors (Lipinski definition) is 2. The largest absolute Gasteiger partial charge is 0.367 e. The predicted molar refractivity (Wildman–Crippen MR) is 91.1 cm³/mol. The number of anilines is 1. The number of halogens is 1. The minimum atomic E-state index is 0.498. The van der Waals surface area contributed by atoms with Gasteiger partial charge in [0, 0.05) is 25.2 Å². The zero-order valence-electron chi connectivity index (χ0n) is 13.2. The van der Waals surface area contributed by atoms with Crippen molar-refractivity contribution in [2.75, 3.05) is 11.4 Å². The molecule has 2 nitrogen and oxygen atoms in total. The second-order valence-electron chi connectivity index (χ2n) is 6.88. The quantitative estimate of drug-likeness (QED) is 0.874. The Kier molecular flexibility index (Phi) is 4.75. The van der Waals surface area contributed by atoms with Gasteiger partial charge in [-0.1, -0.05) is 44.0 Å². The molecular formula is C18H27ClN2. The molecule has 1 heterocycles. The average Bonchev–Trinajstić information content (AvgIpc) is 2.93. The van der Waals surface area contributed by atoms with E-state index in [-0.39, 0.29) is 0 Å². The first kappa shape index (κ1) is 15.2. The summed E-state index contributed by atoms with van der Waals surface area (Å²) in [7, 11) is 0. The first-order valence-electron chi connectivity index (χ1n) is 8.44. The second kappa shape index (κ2) is 6.58. The number of para-hydroxylation sites is 1. The van der Waals surface area contributed by atoms with Gasteiger partial charge in [-0.15, -0.1) is 0 Å². The van der Waals surface area contributed by atoms with Gasteiger partial charge >= 0.3 is 0 Å². The molecule has 2 aliphatic rings. The lowest BCUT2D eigenvalue weighted by Crippen LogP contribution is -2.43. The highest BCUT2D eigenvalue weighted by atomic mass is 35.5. The zero-order chi connectivity index (χ0) is 14.8. The van der Waals surface area contributed by atoms with Crippen molar-refractivity contribution in [3.05, 3.63) is 28.8 Å². The number of piperidine rings is 1. The lowest BCUT2D eigenvalue weighted by Gasteiger charge is -2.41. The van der Waals surface area contributed by atoms with Crippen LogP contribution in [0, 0.1) is 5.92 Å². The van der Waals surface area contributed by atoms with Crippen LogP contribution >= 0.6 is 11.6 Å². The summed E-state index contributed by atoms with van der Waals surface area (Å²) < 4.78 is 0. The molecule has 1 saturated heterocycles. The molecule has 3 rings (SSSR count). The number of rotatable bonds is 4. The van der Waals surface area contributed by atoms with Gasteiger partial charge in [-0.3, -0.25) is 0 Å². The second-order valence-corrected chi connectivity index (χ2v) is 7.28. The van der Waals surface area contributed by atoms with Crippen molar-refractivity contribution in [1.29, 1.82) is 0 Å². The molecule has 21 heavy (non-hydrogen) atoms. The van der Waals surface area contributed by atoms with Crippen molar-refractivity contribution in [2.45, 2.75) is 64.6 Å². The molecule has 2 fully saturated rings. The van der Waals surface area contributed by atoms with E-state index in [1.807, 2.05) is 6.07 Å². The fourth-order valence-corrected chi connectivity index (χ4v) is 4.37. The van der Waals surface area contributed by atoms with Gasteiger partial charge in [-0.2, -0.15) is 0 Å². The maximum absolute atomic E-state index is 6.60. The number of nitrogens with one attached hydrogen (secondary N) is 1. The lowest BCUT2D eigenvalue weighted by molar-refractivity contribution is 0.362. The third kappa shape index (κ3) is 3.22. The third-order valence-corrected chi connectivity index (χ3v) is 5.36. The Hall–Kier alpha value is -0.730. The molecule has 0 spiro atoms. The maximum atomic E-state index is 6.60. The molecule has 0 radical (unpaired) electrons. The van der Waals surface area contributed by atoms with Crippen LogP contribution in [-0.4, -0.2) is 18.6 Å². The van der Waals surface area contributed by atoms with Crippen LogP contribution in [-0.2, 0) is 6.54 Å². The van der Waals surface area contributed by atoms with Crippen molar-refractivity contribution < 1.29 is 0 Å². The van der Waals surface area contributed by atoms with E-state index in [0.717, 1.165) is 23.5 Å². The molecule has 1 aliphatic heterocycles. The van der Waals surface area contributed by atoms with Gasteiger partial charge in [0.1, 0.15) is 0 Å². The molecule has 2 atom stereocenters. The van der Waals surface area contributed by atoms with Gasteiger partial charge in [0.25, 0.3) is 0 Å². The molecule has 1 aliphatic carbocycles. The van der Waals surface area contributed by atoms with E-state index in [9.17, 15) is 0 Å². The van der Waals surface area contributed by atoms with E-state index in [0.29, 0.717) is 6.04 Å². The molecule has 1 saturated carbocycles. The number of benzene rings is 1. The van der Waals surface area contributed by atoms with E-state index in [1.165, 1.54) is 49.9 Å². The Labute approximate surface area is 133 Å². The van der Waals surface area contributed by atoms with Crippen LogP contribution in [0.2, 0.25) is 5.02 Å². The van der Waals surface area contributed by atoms with Crippen LogP contribution in [0.1, 0.15) is 51.5 Å². The van der Waals surface area contributed by atoms with Crippen molar-refractivity contribution in [1.82, 2.24) is 5.32 Å². The average molecular weight is 307 g/mol. The standard InChI is InChI=1S/C18H27ClN2/c1-13(2)20-12-15-7-3-9-16(19)18(15)21-11-5-8-14-6-4-10-17(14)21/h3,7,9,13-14,17,20H,4-6,8,10-12H2,1-2H3. The van der Waals surface area contributed by atoms with Crippen LogP contribution < -0.4 is 10.2 Å². The van der Waals surface area contributed by atoms with Crippen molar-refractivity contribution in [3.8, 4) is 0 Å². The summed E-state index contributed by atoms with van der Waals surface area (Å²) in [6.07, 6.45) is 6.85. The monoisotopic (exact) mass is 306 g/mol. The molecule has 2 unspecified atom stereocenters. The third-order valence-electron chi connectivity index (χ3n) is 5.05. The molecule has 3 heteroatoms. The summed E-state index contributed by atoms with van der Waals surface area (Å²) in [5.41, 5.74) is 2.65. The molecule has 1 aromatic carbocycles. The SMILES string of the molecule is CC(C)NCc1cccc(Cl)c1N1CCCC2CCCC21. The molecule has 1 N–H and O–H groups in total. The fraction of sp³-hybridized carbons (Fsp3) is 0.667. The van der Waals surface area contributed by atoms with Gasteiger partial charge in [-0.25, -0.2) is 0 Å². The first-order valence-corrected chi connectivity index (χ1v) is 8.82. The number of nitrogens with zero attached hydrogens (tertiary/aromatic N) is 1. The summed E-state index contributed by atoms with van der Waals surface area (Å²) in [6.45, 7) is 6.46. The van der Waals surface area contributed by atoms with Gasteiger partial charge < -0.3 is 10.2 Å². The smallest absolute Gasteiger partial charge is 0.0643 e. The molecular weight excluding hydrogens is 280 g/mol. The van der Waals surface area contributed by atoms with E-state index in [1.54, 1.807) is 0 Å². The van der Waals surface area contributed by atoms with E-state index in [4.69, 9.17) is 11.6 Å². The Morgan fingerprint density at radius 3 is 2.86 bits per heavy atom. The minimum Gasteiger partial charge on any atom is -0.367 e. The van der Waals surface area contributed by atoms with E-state index >= 15 is 0 Å². The summed E-state index contributed by atoms with van der Waals surface area (Å²) in [5.74, 6) is 0.890. The first-order chi connectivity index (χ1) is 10.2. The normalized spacial score (nSPS) is 25.4. The van der Waals surface area contributed by atoms with E-state index < -0.39 is 0 Å². The zero-order valence-corrected chi connectivity index (χ0v) is 14.0. The molecule has 1 aromatic rings. The summed E-state index contributed by atoms with van der Waals surface area (Å²) in [5, 5.41) is 4.46. The summed E-state index contributed by atoms with van der Waals surface area (Å²) in [4.78, 5) is 2.63. The van der Waals surface area contributed by atoms with Crippen LogP contribution in [0.15, 0.2) is 18.2 Å². The van der Waals surface area contributed by atoms with Crippen molar-refractivity contribution in [2.24, 2.45) is 5.92 Å². The van der Waals surface area contributed by atoms with Crippen LogP contribution in [0.5, 0.6) is 0 Å². The molecule has 0 bridgehead atoms. The fourth-order valence-electron chi connectivity index (χ4n) is 4.07. The summed E-state index contributed by atoms with van der Waals surface area (Å²) >= 11 is 6.60. The topological polar surface area (TPSA) is 15.3 Å². The van der Waals surface area contributed by atoms with Gasteiger partial charge in [0.15, 0.2) is 0 Å². The highest BCUT2D eigenvalue weighted by molar-refractivity contribution is 6.33. The predicted octanol–water partition coefficient (Wildman–Crippen LogP) is 4.61. The van der Waals surface area contributed by atoms with Crippen molar-refractivity contribution in [3.63, 3.8) is 0 Å². The Morgan fingerprint density at radius 2 is 2.05 bits per heavy atom. The maximum Gasteiger partial charge on any atom is 0.0643 e. The number of hydrogen-bond donors (Lipinski definition) is 1. The van der Waals surface area contributed by atoms with Gasteiger partial charge in [0.05, 0.1) is 10.7 Å². The highest BCUT2D eigenvalue weighted by Crippen LogP contribution is 2.42. The van der Waals surface area contributed by atoms with Crippen LogP contribution in [0.3, 0.4) is 0 Å². The minimum absolute atomic E-state index is 0.498. The Morgan fingerprint density at radius 1 is 1.24 bits per heavy atom. The van der Waals surface area contributed by atoms with Crippen LogP contribution in [0.25, 0.3) is 0 Å². The highest BCUT2D eigenvalue weighted by Gasteiger charge is 2.36. The molecule has 0 aromatic heterocycles. The number of fused-ring (bicyclic) bond motifs is 1. The lowest BCUT2D eigenvalue weighted by atomic mass is 9.91. The van der Waals surface area contributed by atoms with E-state index in [2.05, 4.69) is 36.2 Å². The Balaban J connectivity index is 1.89.